The normalized spacial score (nSPS) is 19.7. The van der Waals surface area contributed by atoms with Crippen LogP contribution in [0.4, 0.5) is 0 Å². The maximum absolute atomic E-state index is 13.6. The maximum atomic E-state index is 13.6. The van der Waals surface area contributed by atoms with Gasteiger partial charge in [-0.3, -0.25) is 14.0 Å². The second-order valence-corrected chi connectivity index (χ2v) is 9.62. The van der Waals surface area contributed by atoms with Gasteiger partial charge in [0.25, 0.3) is 0 Å². The highest BCUT2D eigenvalue weighted by Crippen LogP contribution is 2.42. The number of carboxylic acids is 1. The monoisotopic (exact) mass is 455 g/mol. The summed E-state index contributed by atoms with van der Waals surface area (Å²) < 4.78 is 3.35. The fourth-order valence-corrected chi connectivity index (χ4v) is 6.31. The minimum Gasteiger partial charge on any atom is -0.480 e. The molecule has 3 aromatic carbocycles. The highest BCUT2D eigenvalue weighted by molar-refractivity contribution is 5.91. The summed E-state index contributed by atoms with van der Waals surface area (Å²) in [6.07, 6.45) is 3.16. The Balaban J connectivity index is 1.30. The van der Waals surface area contributed by atoms with Gasteiger partial charge in [-0.1, -0.05) is 55.5 Å². The standard InChI is InChI=1S/C28H29N3O3/c1-2-22(27(32)33)31-24-12-4-3-11-23(24)30(28(31)34)20-13-15-29(16-14-20)25-17-19-9-5-7-18-8-6-10-21(25)26(18)19/h3-12,20,22,25H,2,13-17H2,1H3,(H,32,33). The van der Waals surface area contributed by atoms with Crippen LogP contribution in [0.5, 0.6) is 0 Å². The molecule has 4 aromatic rings. The van der Waals surface area contributed by atoms with Gasteiger partial charge in [0, 0.05) is 25.2 Å². The zero-order chi connectivity index (χ0) is 23.4. The quantitative estimate of drug-likeness (QED) is 0.464. The molecule has 2 aliphatic rings. The minimum atomic E-state index is -0.961. The number of benzene rings is 3. The van der Waals surface area contributed by atoms with Crippen LogP contribution < -0.4 is 5.69 Å². The molecule has 6 rings (SSSR count). The van der Waals surface area contributed by atoms with E-state index in [1.54, 1.807) is 0 Å². The third-order valence-corrected chi connectivity index (χ3v) is 7.90. The second-order valence-electron chi connectivity index (χ2n) is 9.62. The lowest BCUT2D eigenvalue weighted by Gasteiger charge is -2.37. The van der Waals surface area contributed by atoms with Crippen LogP contribution in [-0.2, 0) is 11.2 Å². The molecule has 0 amide bonds. The number of nitrogens with zero attached hydrogens (tertiary/aromatic N) is 3. The highest BCUT2D eigenvalue weighted by atomic mass is 16.4. The Morgan fingerprint density at radius 1 is 1.00 bits per heavy atom. The minimum absolute atomic E-state index is 0.0702. The van der Waals surface area contributed by atoms with Gasteiger partial charge in [0.15, 0.2) is 0 Å². The fraction of sp³-hybridized carbons (Fsp3) is 0.357. The van der Waals surface area contributed by atoms with Crippen molar-refractivity contribution in [1.82, 2.24) is 14.0 Å². The van der Waals surface area contributed by atoms with Crippen LogP contribution in [0.25, 0.3) is 21.8 Å². The van der Waals surface area contributed by atoms with Gasteiger partial charge in [-0.15, -0.1) is 0 Å². The third kappa shape index (κ3) is 3.12. The average molecular weight is 456 g/mol. The molecule has 0 spiro atoms. The second kappa shape index (κ2) is 8.13. The van der Waals surface area contributed by atoms with E-state index in [4.69, 9.17) is 0 Å². The number of imidazole rings is 1. The van der Waals surface area contributed by atoms with E-state index in [0.29, 0.717) is 18.0 Å². The Labute approximate surface area is 198 Å². The first-order valence-corrected chi connectivity index (χ1v) is 12.3. The number of carboxylic acid groups (broad SMARTS) is 1. The number of likely N-dealkylation sites (tertiary alicyclic amines) is 1. The summed E-state index contributed by atoms with van der Waals surface area (Å²) in [5.41, 5.74) is 4.20. The molecule has 2 atom stereocenters. The van der Waals surface area contributed by atoms with Crippen LogP contribution in [0, 0.1) is 0 Å². The number of piperidine rings is 1. The summed E-state index contributed by atoms with van der Waals surface area (Å²) in [6.45, 7) is 3.65. The van der Waals surface area contributed by atoms with Crippen LogP contribution >= 0.6 is 0 Å². The van der Waals surface area contributed by atoms with Crippen molar-refractivity contribution in [2.75, 3.05) is 13.1 Å². The SMILES string of the molecule is CCC(C(=O)O)n1c(=O)n(C2CCN(C3Cc4cccc5cccc3c45)CC2)c2ccccc21. The average Bonchev–Trinajstić information content (AvgIpc) is 3.37. The first-order valence-electron chi connectivity index (χ1n) is 12.3. The summed E-state index contributed by atoms with van der Waals surface area (Å²) in [7, 11) is 0. The van der Waals surface area contributed by atoms with Crippen molar-refractivity contribution in [2.45, 2.75) is 50.7 Å². The van der Waals surface area contributed by atoms with Crippen molar-refractivity contribution in [1.29, 1.82) is 0 Å². The molecule has 1 aliphatic heterocycles. The third-order valence-electron chi connectivity index (χ3n) is 7.90. The topological polar surface area (TPSA) is 67.5 Å². The lowest BCUT2D eigenvalue weighted by Crippen LogP contribution is -2.40. The summed E-state index contributed by atoms with van der Waals surface area (Å²) in [5, 5.41) is 12.5. The van der Waals surface area contributed by atoms with Crippen molar-refractivity contribution < 1.29 is 9.90 Å². The molecule has 6 nitrogen and oxygen atoms in total. The smallest absolute Gasteiger partial charge is 0.330 e. The Hall–Kier alpha value is -3.38. The number of rotatable bonds is 5. The van der Waals surface area contributed by atoms with Gasteiger partial charge in [-0.05, 0) is 59.7 Å². The molecular formula is C28H29N3O3. The molecule has 2 heterocycles. The molecule has 1 saturated heterocycles. The van der Waals surface area contributed by atoms with Crippen molar-refractivity contribution in [3.05, 3.63) is 82.3 Å². The van der Waals surface area contributed by atoms with E-state index in [9.17, 15) is 14.7 Å². The van der Waals surface area contributed by atoms with Crippen LogP contribution in [-0.4, -0.2) is 38.2 Å². The first-order chi connectivity index (χ1) is 16.6. The Kier molecular flexibility index (Phi) is 5.06. The molecule has 0 radical (unpaired) electrons. The first kappa shape index (κ1) is 21.2. The lowest BCUT2D eigenvalue weighted by atomic mass is 9.99. The molecule has 2 unspecified atom stereocenters. The van der Waals surface area contributed by atoms with Crippen molar-refractivity contribution >= 4 is 27.8 Å². The molecule has 174 valence electrons. The molecule has 1 aromatic heterocycles. The maximum Gasteiger partial charge on any atom is 0.330 e. The molecule has 1 aliphatic carbocycles. The van der Waals surface area contributed by atoms with E-state index in [2.05, 4.69) is 41.3 Å². The fourth-order valence-electron chi connectivity index (χ4n) is 6.31. The largest absolute Gasteiger partial charge is 0.480 e. The van der Waals surface area contributed by atoms with Crippen LogP contribution in [0.15, 0.2) is 65.5 Å². The Morgan fingerprint density at radius 3 is 2.41 bits per heavy atom. The number of carbonyl (C=O) groups is 1. The summed E-state index contributed by atoms with van der Waals surface area (Å²) in [6, 6.07) is 20.4. The van der Waals surface area contributed by atoms with E-state index in [1.165, 1.54) is 26.5 Å². The van der Waals surface area contributed by atoms with Gasteiger partial charge in [-0.2, -0.15) is 0 Å². The summed E-state index contributed by atoms with van der Waals surface area (Å²) >= 11 is 0. The zero-order valence-electron chi connectivity index (χ0n) is 19.4. The van der Waals surface area contributed by atoms with E-state index in [1.807, 2.05) is 35.8 Å². The predicted molar refractivity (Wildman–Crippen MR) is 133 cm³/mol. The number of hydrogen-bond donors (Lipinski definition) is 1. The summed E-state index contributed by atoms with van der Waals surface area (Å²) in [5.74, 6) is -0.961. The molecule has 0 saturated carbocycles. The molecule has 0 bridgehead atoms. The predicted octanol–water partition coefficient (Wildman–Crippen LogP) is 4.93. The van der Waals surface area contributed by atoms with Gasteiger partial charge in [0.05, 0.1) is 11.0 Å². The van der Waals surface area contributed by atoms with E-state index < -0.39 is 12.0 Å². The zero-order valence-corrected chi connectivity index (χ0v) is 19.4. The highest BCUT2D eigenvalue weighted by Gasteiger charge is 2.34. The van der Waals surface area contributed by atoms with Crippen molar-refractivity contribution in [3.8, 4) is 0 Å². The number of para-hydroxylation sites is 2. The van der Waals surface area contributed by atoms with Crippen molar-refractivity contribution in [2.24, 2.45) is 0 Å². The van der Waals surface area contributed by atoms with E-state index in [-0.39, 0.29) is 11.7 Å². The number of aliphatic carboxylic acids is 1. The van der Waals surface area contributed by atoms with Gasteiger partial charge >= 0.3 is 11.7 Å². The number of fused-ring (bicyclic) bond motifs is 1. The van der Waals surface area contributed by atoms with Crippen LogP contribution in [0.3, 0.4) is 0 Å². The molecule has 1 N–H and O–H groups in total. The van der Waals surface area contributed by atoms with Gasteiger partial charge < -0.3 is 5.11 Å². The van der Waals surface area contributed by atoms with Gasteiger partial charge in [0.1, 0.15) is 6.04 Å². The summed E-state index contributed by atoms with van der Waals surface area (Å²) in [4.78, 5) is 28.0. The molecule has 34 heavy (non-hydrogen) atoms. The van der Waals surface area contributed by atoms with E-state index >= 15 is 0 Å². The molecular weight excluding hydrogens is 426 g/mol. The number of aromatic nitrogens is 2. The lowest BCUT2D eigenvalue weighted by molar-refractivity contribution is -0.141. The Bertz CT molecular complexity index is 1450. The van der Waals surface area contributed by atoms with Crippen LogP contribution in [0.1, 0.15) is 55.4 Å². The van der Waals surface area contributed by atoms with Crippen LogP contribution in [0.2, 0.25) is 0 Å². The number of hydrogen-bond acceptors (Lipinski definition) is 3. The Morgan fingerprint density at radius 2 is 1.71 bits per heavy atom. The van der Waals surface area contributed by atoms with Gasteiger partial charge in [-0.25, -0.2) is 9.59 Å². The molecule has 1 fully saturated rings. The van der Waals surface area contributed by atoms with Gasteiger partial charge in [0.2, 0.25) is 0 Å². The van der Waals surface area contributed by atoms with E-state index in [0.717, 1.165) is 37.9 Å². The molecule has 6 heteroatoms. The van der Waals surface area contributed by atoms with Crippen molar-refractivity contribution in [3.63, 3.8) is 0 Å².